The summed E-state index contributed by atoms with van der Waals surface area (Å²) in [5.41, 5.74) is 7.53. The number of pyridine rings is 1. The van der Waals surface area contributed by atoms with Crippen LogP contribution in [0.1, 0.15) is 40.2 Å². The van der Waals surface area contributed by atoms with Crippen LogP contribution < -0.4 is 10.5 Å². The van der Waals surface area contributed by atoms with Gasteiger partial charge in [-0.15, -0.1) is 0 Å². The maximum absolute atomic E-state index is 12.5. The molecular formula is C19H32F2N2O. The Morgan fingerprint density at radius 3 is 1.92 bits per heavy atom. The van der Waals surface area contributed by atoms with Crippen LogP contribution in [0.5, 0.6) is 5.75 Å². The van der Waals surface area contributed by atoms with Gasteiger partial charge in [0.2, 0.25) is 0 Å². The molecule has 3 nitrogen and oxygen atoms in total. The maximum Gasteiger partial charge on any atom is 0.165 e. The highest BCUT2D eigenvalue weighted by Crippen LogP contribution is 2.13. The fraction of sp³-hybridized carbons (Fsp3) is 0.421. The van der Waals surface area contributed by atoms with Gasteiger partial charge < -0.3 is 10.5 Å². The number of nitrogens with zero attached hydrogens (tertiary/aromatic N) is 1. The van der Waals surface area contributed by atoms with E-state index in [4.69, 9.17) is 5.73 Å². The van der Waals surface area contributed by atoms with Crippen molar-refractivity contribution < 1.29 is 13.5 Å². The molecule has 0 saturated carbocycles. The number of ether oxygens (including phenoxy) is 1. The van der Waals surface area contributed by atoms with E-state index in [2.05, 4.69) is 16.6 Å². The van der Waals surface area contributed by atoms with E-state index < -0.39 is 0 Å². The molecule has 0 unspecified atom stereocenters. The normalized spacial score (nSPS) is 7.71. The van der Waals surface area contributed by atoms with Gasteiger partial charge >= 0.3 is 0 Å². The lowest BCUT2D eigenvalue weighted by atomic mass is 10.2. The largest absolute Gasteiger partial charge is 0.494 e. The molecule has 0 aliphatic heterocycles. The highest BCUT2D eigenvalue weighted by atomic mass is 19.1. The number of alkyl halides is 1. The van der Waals surface area contributed by atoms with Crippen LogP contribution in [0.3, 0.4) is 0 Å². The van der Waals surface area contributed by atoms with Crippen molar-refractivity contribution in [3.05, 3.63) is 54.1 Å². The molecule has 0 saturated heterocycles. The van der Waals surface area contributed by atoms with Crippen LogP contribution in [0, 0.1) is 5.82 Å². The summed E-state index contributed by atoms with van der Waals surface area (Å²) in [7, 11) is 1.94. The first-order valence-corrected chi connectivity index (χ1v) is 8.03. The molecule has 1 aromatic heterocycles. The molecule has 24 heavy (non-hydrogen) atoms. The number of hydrogen-bond donors (Lipinski definition) is 1. The van der Waals surface area contributed by atoms with E-state index in [0.29, 0.717) is 7.18 Å². The van der Waals surface area contributed by atoms with Gasteiger partial charge in [-0.25, -0.2) is 4.39 Å². The van der Waals surface area contributed by atoms with E-state index in [-0.39, 0.29) is 11.6 Å². The minimum absolute atomic E-state index is 0.289. The van der Waals surface area contributed by atoms with Gasteiger partial charge in [0.15, 0.2) is 11.6 Å². The smallest absolute Gasteiger partial charge is 0.165 e. The third-order valence-electron chi connectivity index (χ3n) is 2.38. The van der Waals surface area contributed by atoms with Gasteiger partial charge in [0.1, 0.15) is 0 Å². The Morgan fingerprint density at radius 2 is 1.58 bits per heavy atom. The summed E-state index contributed by atoms with van der Waals surface area (Å²) in [5.74, 6) is -0.0301. The van der Waals surface area contributed by atoms with Crippen LogP contribution in [-0.4, -0.2) is 19.3 Å². The average molecular weight is 342 g/mol. The number of aromatic nitrogens is 1. The third-order valence-corrected chi connectivity index (χ3v) is 2.38. The van der Waals surface area contributed by atoms with E-state index in [1.807, 2.05) is 33.8 Å². The Bertz CT molecular complexity index is 449. The SMILES string of the molecule is CC.CC.CCc1ccncc1N.CF.COc1ccccc1F. The molecule has 0 atom stereocenters. The Labute approximate surface area is 145 Å². The molecule has 138 valence electrons. The second kappa shape index (κ2) is 20.8. The first-order valence-electron chi connectivity index (χ1n) is 8.03. The molecule has 0 radical (unpaired) electrons. The Morgan fingerprint density at radius 1 is 1.04 bits per heavy atom. The molecule has 5 heteroatoms. The summed E-state index contributed by atoms with van der Waals surface area (Å²) < 4.78 is 26.6. The van der Waals surface area contributed by atoms with E-state index >= 15 is 0 Å². The van der Waals surface area contributed by atoms with Crippen LogP contribution in [0.25, 0.3) is 0 Å². The maximum atomic E-state index is 12.5. The molecule has 0 amide bonds. The summed E-state index contributed by atoms with van der Waals surface area (Å²) in [6, 6.07) is 8.23. The van der Waals surface area contributed by atoms with Gasteiger partial charge in [-0.05, 0) is 30.2 Å². The summed E-state index contributed by atoms with van der Waals surface area (Å²) in [4.78, 5) is 3.87. The molecule has 1 aromatic carbocycles. The zero-order valence-corrected chi connectivity index (χ0v) is 15.9. The van der Waals surface area contributed by atoms with Crippen molar-refractivity contribution >= 4 is 5.69 Å². The minimum Gasteiger partial charge on any atom is -0.494 e. The molecule has 2 N–H and O–H groups in total. The highest BCUT2D eigenvalue weighted by molar-refractivity contribution is 5.43. The lowest BCUT2D eigenvalue weighted by molar-refractivity contribution is 0.386. The standard InChI is InChI=1S/C7H7FO.C7H10N2.2C2H6.CH3F/c1-9-7-5-3-2-4-6(7)8;1-2-6-3-4-9-5-7(6)8;3*1-2/h2-5H,1H3;3-5H,2,8H2,1H3;2*1-2H3;1H3. The van der Waals surface area contributed by atoms with Crippen LogP contribution in [0.15, 0.2) is 42.7 Å². The Hall–Kier alpha value is -2.17. The summed E-state index contributed by atoms with van der Waals surface area (Å²) >= 11 is 0. The average Bonchev–Trinajstić information content (AvgIpc) is 2.68. The van der Waals surface area contributed by atoms with Gasteiger partial charge in [0.05, 0.1) is 26.2 Å². The molecule has 0 aliphatic rings. The number of methoxy groups -OCH3 is 1. The number of hydrogen-bond acceptors (Lipinski definition) is 3. The second-order valence-corrected chi connectivity index (χ2v) is 3.56. The van der Waals surface area contributed by atoms with Crippen molar-refractivity contribution in [3.8, 4) is 5.75 Å². The van der Waals surface area contributed by atoms with Crippen molar-refractivity contribution in [1.82, 2.24) is 4.98 Å². The fourth-order valence-corrected chi connectivity index (χ4v) is 1.37. The number of rotatable bonds is 2. The summed E-state index contributed by atoms with van der Waals surface area (Å²) in [5, 5.41) is 0. The van der Waals surface area contributed by atoms with Crippen LogP contribution in [-0.2, 0) is 6.42 Å². The lowest BCUT2D eigenvalue weighted by Crippen LogP contribution is -1.92. The van der Waals surface area contributed by atoms with Crippen molar-refractivity contribution in [2.24, 2.45) is 0 Å². The molecule has 1 heterocycles. The topological polar surface area (TPSA) is 48.1 Å². The first-order chi connectivity index (χ1) is 11.7. The van der Waals surface area contributed by atoms with E-state index in [1.54, 1.807) is 30.6 Å². The number of nitrogens with two attached hydrogens (primary N) is 1. The predicted molar refractivity (Wildman–Crippen MR) is 101 cm³/mol. The Kier molecular flexibility index (Phi) is 23.2. The van der Waals surface area contributed by atoms with Crippen molar-refractivity contribution in [3.63, 3.8) is 0 Å². The highest BCUT2D eigenvalue weighted by Gasteiger charge is 1.95. The molecule has 0 fully saturated rings. The van der Waals surface area contributed by atoms with Crippen molar-refractivity contribution in [2.75, 3.05) is 20.0 Å². The number of halogens is 2. The first kappa shape index (κ1) is 26.7. The van der Waals surface area contributed by atoms with Gasteiger partial charge in [0, 0.05) is 6.20 Å². The quantitative estimate of drug-likeness (QED) is 0.761. The number of benzene rings is 1. The van der Waals surface area contributed by atoms with Crippen molar-refractivity contribution in [1.29, 1.82) is 0 Å². The van der Waals surface area contributed by atoms with Crippen LogP contribution >= 0.6 is 0 Å². The molecule has 0 bridgehead atoms. The van der Waals surface area contributed by atoms with E-state index in [0.717, 1.165) is 12.1 Å². The second-order valence-electron chi connectivity index (χ2n) is 3.56. The van der Waals surface area contributed by atoms with Gasteiger partial charge in [-0.2, -0.15) is 0 Å². The Balaban J connectivity index is -0.000000281. The van der Waals surface area contributed by atoms with E-state index in [9.17, 15) is 8.78 Å². The van der Waals surface area contributed by atoms with E-state index in [1.165, 1.54) is 18.7 Å². The number of aryl methyl sites for hydroxylation is 1. The molecule has 2 aromatic rings. The van der Waals surface area contributed by atoms with Crippen molar-refractivity contribution in [2.45, 2.75) is 41.0 Å². The molecular weight excluding hydrogens is 310 g/mol. The monoisotopic (exact) mass is 342 g/mol. The van der Waals surface area contributed by atoms with Gasteiger partial charge in [-0.3, -0.25) is 9.37 Å². The fourth-order valence-electron chi connectivity index (χ4n) is 1.37. The van der Waals surface area contributed by atoms with Crippen LogP contribution in [0.2, 0.25) is 0 Å². The molecule has 0 aliphatic carbocycles. The zero-order valence-electron chi connectivity index (χ0n) is 15.9. The minimum atomic E-state index is -0.319. The van der Waals surface area contributed by atoms with Gasteiger partial charge in [-0.1, -0.05) is 46.8 Å². The zero-order chi connectivity index (χ0) is 19.4. The summed E-state index contributed by atoms with van der Waals surface area (Å²) in [6.07, 6.45) is 4.42. The lowest BCUT2D eigenvalue weighted by Gasteiger charge is -1.97. The predicted octanol–water partition coefficient (Wildman–Crippen LogP) is 5.70. The third kappa shape index (κ3) is 12.4. The number of para-hydroxylation sites is 1. The number of nitrogen functional groups attached to an aromatic ring is 1. The van der Waals surface area contributed by atoms with Gasteiger partial charge in [0.25, 0.3) is 0 Å². The van der Waals surface area contributed by atoms with Crippen LogP contribution in [0.4, 0.5) is 14.5 Å². The molecule has 0 spiro atoms. The summed E-state index contributed by atoms with van der Waals surface area (Å²) in [6.45, 7) is 10.1. The molecule has 2 rings (SSSR count). The number of anilines is 1.